The zero-order valence-electron chi connectivity index (χ0n) is 7.34. The molecule has 80 valence electrons. The summed E-state index contributed by atoms with van der Waals surface area (Å²) in [5.74, 6) is 0. The van der Waals surface area contributed by atoms with Gasteiger partial charge in [-0.3, -0.25) is 0 Å². The van der Waals surface area contributed by atoms with E-state index in [9.17, 15) is 0 Å². The summed E-state index contributed by atoms with van der Waals surface area (Å²) in [4.78, 5) is 24.0. The fourth-order valence-corrected chi connectivity index (χ4v) is 0.510. The van der Waals surface area contributed by atoms with Gasteiger partial charge in [0.05, 0.1) is 0 Å². The van der Waals surface area contributed by atoms with E-state index in [1.807, 2.05) is 20.4 Å². The van der Waals surface area contributed by atoms with Gasteiger partial charge in [0, 0.05) is 13.2 Å². The van der Waals surface area contributed by atoms with E-state index in [0.717, 1.165) is 13.2 Å². The predicted molar refractivity (Wildman–Crippen MR) is 50.3 cm³/mol. The van der Waals surface area contributed by atoms with Crippen LogP contribution in [-0.2, 0) is 36.3 Å². The number of rotatable bonds is 0. The van der Waals surface area contributed by atoms with Crippen LogP contribution in [0.25, 0.3) is 0 Å². The van der Waals surface area contributed by atoms with Crippen molar-refractivity contribution in [3.8, 4) is 0 Å². The third kappa shape index (κ3) is 47.4. The van der Waals surface area contributed by atoms with Crippen LogP contribution in [0.15, 0.2) is 0 Å². The molecule has 1 aliphatic heterocycles. The van der Waals surface area contributed by atoms with E-state index in [0.29, 0.717) is 0 Å². The summed E-state index contributed by atoms with van der Waals surface area (Å²) in [6, 6.07) is 0. The fourth-order valence-electron chi connectivity index (χ4n) is 0.510. The third-order valence-electron chi connectivity index (χ3n) is 0.827. The summed E-state index contributed by atoms with van der Waals surface area (Å²) in [6.07, 6.45) is 2.56. The first-order valence-electron chi connectivity index (χ1n) is 3.09. The molecular formula is C7H14BrO4Re. The van der Waals surface area contributed by atoms with Gasteiger partial charge < -0.3 is 19.1 Å². The number of ether oxygens (including phenoxy) is 1. The second-order valence-corrected chi connectivity index (χ2v) is 1.32. The first-order valence-corrected chi connectivity index (χ1v) is 9.02. The summed E-state index contributed by atoms with van der Waals surface area (Å²) >= 11 is 4.53. The van der Waals surface area contributed by atoms with Gasteiger partial charge in [-0.05, 0) is 12.8 Å². The van der Waals surface area contributed by atoms with Crippen LogP contribution in [0.4, 0.5) is 0 Å². The standard InChI is InChI=1S/C4H8O.3CH2O.BrH.Re/c1-2-4-5-3-1;3*1-2;;/h1-4H2;3*1H2;1H;/q;;;;;+1/p-1. The number of carbonyl (C=O) groups is 3. The monoisotopic (exact) mass is 428 g/mol. The van der Waals surface area contributed by atoms with E-state index in [-0.39, 0.29) is 0 Å². The van der Waals surface area contributed by atoms with E-state index in [1.165, 1.54) is 30.0 Å². The Hall–Kier alpha value is 0.112. The first-order chi connectivity index (χ1) is 6.50. The van der Waals surface area contributed by atoms with Gasteiger partial charge in [-0.2, -0.15) is 0 Å². The molecule has 4 nitrogen and oxygen atoms in total. The average molecular weight is 428 g/mol. The molecule has 0 amide bonds. The molecule has 0 bridgehead atoms. The Bertz CT molecular complexity index is 52.1. The van der Waals surface area contributed by atoms with E-state index >= 15 is 0 Å². The summed E-state index contributed by atoms with van der Waals surface area (Å²) in [5.41, 5.74) is 0. The van der Waals surface area contributed by atoms with Crippen LogP contribution < -0.4 is 0 Å². The molecule has 0 radical (unpaired) electrons. The molecular weight excluding hydrogens is 414 g/mol. The Morgan fingerprint density at radius 1 is 0.846 bits per heavy atom. The summed E-state index contributed by atoms with van der Waals surface area (Å²) in [6.45, 7) is 8.00. The van der Waals surface area contributed by atoms with Crippen molar-refractivity contribution in [2.24, 2.45) is 0 Å². The molecule has 0 aromatic heterocycles. The molecule has 13 heavy (non-hydrogen) atoms. The second-order valence-electron chi connectivity index (χ2n) is 1.32. The van der Waals surface area contributed by atoms with Crippen molar-refractivity contribution in [1.29, 1.82) is 0 Å². The maximum absolute atomic E-state index is 8.00. The molecule has 0 aromatic rings. The molecule has 0 aliphatic carbocycles. The van der Waals surface area contributed by atoms with E-state index in [2.05, 4.69) is 13.4 Å². The molecule has 0 saturated carbocycles. The van der Waals surface area contributed by atoms with Gasteiger partial charge in [-0.1, -0.05) is 0 Å². The van der Waals surface area contributed by atoms with Crippen molar-refractivity contribution in [1.82, 2.24) is 0 Å². The number of carbonyl (C=O) groups excluding carboxylic acids is 3. The molecule has 0 unspecified atom stereocenters. The Morgan fingerprint density at radius 2 is 1.08 bits per heavy atom. The molecule has 0 spiro atoms. The predicted octanol–water partition coefficient (Wildman–Crippen LogP) is 1.09. The Labute approximate surface area is 96.0 Å². The van der Waals surface area contributed by atoms with Gasteiger partial charge >= 0.3 is 30.6 Å². The zero-order chi connectivity index (χ0) is 11.5. The average Bonchev–Trinajstić information content (AvgIpc) is 2.87. The molecule has 1 rings (SSSR count). The van der Waals surface area contributed by atoms with Gasteiger partial charge in [0.1, 0.15) is 20.4 Å². The van der Waals surface area contributed by atoms with Gasteiger partial charge in [0.2, 0.25) is 0 Å². The van der Waals surface area contributed by atoms with Crippen LogP contribution in [0, 0.1) is 0 Å². The molecule has 6 heteroatoms. The molecule has 0 atom stereocenters. The van der Waals surface area contributed by atoms with Crippen molar-refractivity contribution in [3.05, 3.63) is 0 Å². The minimum atomic E-state index is 1.00. The van der Waals surface area contributed by atoms with Gasteiger partial charge in [-0.15, -0.1) is 0 Å². The van der Waals surface area contributed by atoms with Crippen molar-refractivity contribution in [2.75, 3.05) is 13.2 Å². The van der Waals surface area contributed by atoms with Crippen molar-refractivity contribution >= 4 is 33.8 Å². The minimum absolute atomic E-state index is 1.00. The molecule has 1 fully saturated rings. The number of hydrogen-bond donors (Lipinski definition) is 0. The van der Waals surface area contributed by atoms with Gasteiger partial charge in [-0.25, -0.2) is 0 Å². The van der Waals surface area contributed by atoms with Crippen molar-refractivity contribution in [2.45, 2.75) is 12.8 Å². The summed E-state index contributed by atoms with van der Waals surface area (Å²) < 4.78 is 4.94. The summed E-state index contributed by atoms with van der Waals surface area (Å²) in [7, 11) is 0. The zero-order valence-corrected chi connectivity index (χ0v) is 11.6. The van der Waals surface area contributed by atoms with Gasteiger partial charge in [0.15, 0.2) is 0 Å². The van der Waals surface area contributed by atoms with Crippen LogP contribution >= 0.6 is 13.4 Å². The third-order valence-corrected chi connectivity index (χ3v) is 0.827. The molecule has 1 aliphatic rings. The Morgan fingerprint density at radius 3 is 1.15 bits per heavy atom. The quantitative estimate of drug-likeness (QED) is 0.580. The Kier molecular flexibility index (Phi) is 102. The summed E-state index contributed by atoms with van der Waals surface area (Å²) in [5, 5.41) is 0. The normalized spacial score (nSPS) is 10.6. The molecule has 0 aromatic carbocycles. The van der Waals surface area contributed by atoms with Crippen molar-refractivity contribution in [3.63, 3.8) is 0 Å². The SMILES string of the molecule is C1CCOC1.C=O.C=O.C=O.[Br][Re]. The number of hydrogen-bond acceptors (Lipinski definition) is 4. The van der Waals surface area contributed by atoms with Crippen LogP contribution in [-0.4, -0.2) is 33.6 Å². The van der Waals surface area contributed by atoms with E-state index in [4.69, 9.17) is 19.1 Å². The van der Waals surface area contributed by atoms with E-state index < -0.39 is 0 Å². The number of halogens is 1. The first kappa shape index (κ1) is 23.2. The second kappa shape index (κ2) is 57.2. The Balaban J connectivity index is -0.0000000445. The van der Waals surface area contributed by atoms with Crippen LogP contribution in [0.3, 0.4) is 0 Å². The van der Waals surface area contributed by atoms with Gasteiger partial charge in [0.25, 0.3) is 0 Å². The van der Waals surface area contributed by atoms with Crippen LogP contribution in [0.1, 0.15) is 12.8 Å². The maximum atomic E-state index is 8.00. The van der Waals surface area contributed by atoms with Crippen LogP contribution in [0.2, 0.25) is 0 Å². The fraction of sp³-hybridized carbons (Fsp3) is 0.571. The molecule has 1 saturated heterocycles. The van der Waals surface area contributed by atoms with Crippen LogP contribution in [0.5, 0.6) is 0 Å². The molecule has 1 heterocycles. The molecule has 0 N–H and O–H groups in total. The van der Waals surface area contributed by atoms with Crippen molar-refractivity contribution < 1.29 is 36.3 Å². The topological polar surface area (TPSA) is 60.4 Å². The van der Waals surface area contributed by atoms with E-state index in [1.54, 1.807) is 0 Å².